The van der Waals surface area contributed by atoms with Crippen LogP contribution in [0.1, 0.15) is 13.3 Å². The first-order valence-electron chi connectivity index (χ1n) is 4.85. The van der Waals surface area contributed by atoms with Crippen molar-refractivity contribution >= 4 is 12.2 Å². The second-order valence-electron chi connectivity index (χ2n) is 3.35. The van der Waals surface area contributed by atoms with E-state index in [1.54, 1.807) is 0 Å². The van der Waals surface area contributed by atoms with Gasteiger partial charge in [0.15, 0.2) is 0 Å². The normalized spacial score (nSPS) is 12.5. The smallest absolute Gasteiger partial charge is 0.407 e. The van der Waals surface area contributed by atoms with E-state index in [1.807, 2.05) is 5.32 Å². The molecule has 0 heterocycles. The van der Waals surface area contributed by atoms with Crippen molar-refractivity contribution in [1.29, 1.82) is 0 Å². The molecule has 2 N–H and O–H groups in total. The molecular weight excluding hydrogens is 238 g/mol. The number of nitrogens with one attached hydrogen (secondary N) is 2. The minimum absolute atomic E-state index is 0.0508. The molecule has 0 aliphatic carbocycles. The molecule has 6 nitrogen and oxygen atoms in total. The Kier molecular flexibility index (Phi) is 6.22. The average Bonchev–Trinajstić information content (AvgIpc) is 2.25. The molecule has 2 amide bonds. The van der Waals surface area contributed by atoms with Crippen LogP contribution in [0.25, 0.3) is 0 Å². The topological polar surface area (TPSA) is 76.7 Å². The van der Waals surface area contributed by atoms with Gasteiger partial charge in [-0.25, -0.2) is 18.4 Å². The van der Waals surface area contributed by atoms with E-state index < -0.39 is 24.2 Å². The molecule has 8 heteroatoms. The van der Waals surface area contributed by atoms with Crippen molar-refractivity contribution in [1.82, 2.24) is 10.6 Å². The maximum atomic E-state index is 13.1. The van der Waals surface area contributed by atoms with Crippen LogP contribution in [0.15, 0.2) is 0 Å². The van der Waals surface area contributed by atoms with Gasteiger partial charge >= 0.3 is 12.2 Å². The van der Waals surface area contributed by atoms with E-state index in [0.717, 1.165) is 14.2 Å². The highest BCUT2D eigenvalue weighted by Gasteiger charge is 2.35. The molecule has 0 aromatic heterocycles. The summed E-state index contributed by atoms with van der Waals surface area (Å²) in [6.07, 6.45) is -1.82. The van der Waals surface area contributed by atoms with Gasteiger partial charge < -0.3 is 20.1 Å². The number of alkyl carbamates (subject to hydrolysis) is 2. The fourth-order valence-electron chi connectivity index (χ4n) is 1.04. The number of halogens is 2. The first-order valence-corrected chi connectivity index (χ1v) is 4.85. The first kappa shape index (κ1) is 15.4. The van der Waals surface area contributed by atoms with E-state index in [1.165, 1.54) is 0 Å². The Morgan fingerprint density at radius 2 is 1.76 bits per heavy atom. The van der Waals surface area contributed by atoms with Crippen molar-refractivity contribution in [3.8, 4) is 0 Å². The SMILES string of the molecule is COC(=O)NCCC(NC(=O)OC)C(C)(F)F. The molecular formula is C9H16F2N2O4. The summed E-state index contributed by atoms with van der Waals surface area (Å²) in [5.74, 6) is -3.12. The molecule has 100 valence electrons. The Labute approximate surface area is 97.6 Å². The Hall–Kier alpha value is -1.60. The van der Waals surface area contributed by atoms with Crippen LogP contribution in [-0.4, -0.2) is 44.9 Å². The molecule has 0 bridgehead atoms. The van der Waals surface area contributed by atoms with Gasteiger partial charge in [0.1, 0.15) is 0 Å². The van der Waals surface area contributed by atoms with Crippen molar-refractivity contribution in [3.63, 3.8) is 0 Å². The Morgan fingerprint density at radius 1 is 1.24 bits per heavy atom. The van der Waals surface area contributed by atoms with Crippen molar-refractivity contribution in [3.05, 3.63) is 0 Å². The van der Waals surface area contributed by atoms with E-state index in [4.69, 9.17) is 0 Å². The predicted molar refractivity (Wildman–Crippen MR) is 55.0 cm³/mol. The predicted octanol–water partition coefficient (Wildman–Crippen LogP) is 1.11. The average molecular weight is 254 g/mol. The van der Waals surface area contributed by atoms with E-state index in [-0.39, 0.29) is 13.0 Å². The number of carbonyl (C=O) groups is 2. The van der Waals surface area contributed by atoms with Crippen LogP contribution >= 0.6 is 0 Å². The van der Waals surface area contributed by atoms with Crippen LogP contribution in [0.4, 0.5) is 18.4 Å². The molecule has 17 heavy (non-hydrogen) atoms. The Bertz CT molecular complexity index is 268. The van der Waals surface area contributed by atoms with Crippen molar-refractivity contribution in [2.24, 2.45) is 0 Å². The van der Waals surface area contributed by atoms with Gasteiger partial charge in [-0.2, -0.15) is 0 Å². The molecule has 0 saturated carbocycles. The lowest BCUT2D eigenvalue weighted by Gasteiger charge is -2.24. The third-order valence-electron chi connectivity index (χ3n) is 1.98. The summed E-state index contributed by atoms with van der Waals surface area (Å²) >= 11 is 0. The molecule has 0 aromatic rings. The van der Waals surface area contributed by atoms with Gasteiger partial charge in [0.05, 0.1) is 20.3 Å². The summed E-state index contributed by atoms with van der Waals surface area (Å²) in [4.78, 5) is 21.5. The largest absolute Gasteiger partial charge is 0.453 e. The first-order chi connectivity index (χ1) is 7.81. The molecule has 1 unspecified atom stereocenters. The number of rotatable bonds is 5. The van der Waals surface area contributed by atoms with Gasteiger partial charge in [0.25, 0.3) is 5.92 Å². The molecule has 0 aliphatic rings. The molecule has 0 radical (unpaired) electrons. The van der Waals surface area contributed by atoms with Gasteiger partial charge in [-0.15, -0.1) is 0 Å². The number of amides is 2. The maximum absolute atomic E-state index is 13.1. The minimum atomic E-state index is -3.12. The van der Waals surface area contributed by atoms with Crippen molar-refractivity contribution in [2.45, 2.75) is 25.3 Å². The van der Waals surface area contributed by atoms with Crippen LogP contribution in [-0.2, 0) is 9.47 Å². The van der Waals surface area contributed by atoms with Crippen LogP contribution in [0.3, 0.4) is 0 Å². The number of hydrogen-bond acceptors (Lipinski definition) is 4. The van der Waals surface area contributed by atoms with Crippen LogP contribution in [0.5, 0.6) is 0 Å². The van der Waals surface area contributed by atoms with Crippen molar-refractivity contribution in [2.75, 3.05) is 20.8 Å². The Morgan fingerprint density at radius 3 is 2.18 bits per heavy atom. The highest BCUT2D eigenvalue weighted by atomic mass is 19.3. The van der Waals surface area contributed by atoms with Crippen molar-refractivity contribution < 1.29 is 27.8 Å². The lowest BCUT2D eigenvalue weighted by atomic mass is 10.1. The van der Waals surface area contributed by atoms with E-state index in [9.17, 15) is 18.4 Å². The van der Waals surface area contributed by atoms with Gasteiger partial charge in [0.2, 0.25) is 0 Å². The molecule has 0 spiro atoms. The third-order valence-corrected chi connectivity index (χ3v) is 1.98. The van der Waals surface area contributed by atoms with Gasteiger partial charge in [-0.3, -0.25) is 0 Å². The summed E-state index contributed by atoms with van der Waals surface area (Å²) in [6, 6.07) is -1.42. The molecule has 0 aromatic carbocycles. The second kappa shape index (κ2) is 6.87. The van der Waals surface area contributed by atoms with Gasteiger partial charge in [-0.1, -0.05) is 0 Å². The molecule has 0 aliphatic heterocycles. The fourth-order valence-corrected chi connectivity index (χ4v) is 1.04. The van der Waals surface area contributed by atoms with E-state index >= 15 is 0 Å². The quantitative estimate of drug-likeness (QED) is 0.770. The fraction of sp³-hybridized carbons (Fsp3) is 0.778. The number of carbonyl (C=O) groups excluding carboxylic acids is 2. The monoisotopic (exact) mass is 254 g/mol. The summed E-state index contributed by atoms with van der Waals surface area (Å²) in [6.45, 7) is 0.622. The van der Waals surface area contributed by atoms with Gasteiger partial charge in [0, 0.05) is 13.5 Å². The summed E-state index contributed by atoms with van der Waals surface area (Å²) in [5.41, 5.74) is 0. The van der Waals surface area contributed by atoms with Crippen LogP contribution < -0.4 is 10.6 Å². The number of alkyl halides is 2. The molecule has 0 fully saturated rings. The molecule has 1 atom stereocenters. The Balaban J connectivity index is 4.21. The maximum Gasteiger partial charge on any atom is 0.407 e. The zero-order valence-corrected chi connectivity index (χ0v) is 9.88. The standard InChI is InChI=1S/C9H16F2N2O4/c1-9(10,11)6(13-8(15)17-3)4-5-12-7(14)16-2/h6H,4-5H2,1-3H3,(H,12,14)(H,13,15). The summed E-state index contributed by atoms with van der Waals surface area (Å²) < 4.78 is 34.7. The number of methoxy groups -OCH3 is 2. The molecule has 0 saturated heterocycles. The summed E-state index contributed by atoms with van der Waals surface area (Å²) in [5, 5.41) is 4.23. The lowest BCUT2D eigenvalue weighted by Crippen LogP contribution is -2.47. The highest BCUT2D eigenvalue weighted by Crippen LogP contribution is 2.19. The van der Waals surface area contributed by atoms with E-state index in [2.05, 4.69) is 14.8 Å². The molecule has 0 rings (SSSR count). The number of ether oxygens (including phenoxy) is 2. The highest BCUT2D eigenvalue weighted by molar-refractivity contribution is 5.68. The zero-order chi connectivity index (χ0) is 13.5. The van der Waals surface area contributed by atoms with Crippen LogP contribution in [0, 0.1) is 0 Å². The minimum Gasteiger partial charge on any atom is -0.453 e. The third kappa shape index (κ3) is 6.54. The zero-order valence-electron chi connectivity index (χ0n) is 9.88. The summed E-state index contributed by atoms with van der Waals surface area (Å²) in [7, 11) is 2.24. The van der Waals surface area contributed by atoms with E-state index in [0.29, 0.717) is 6.92 Å². The lowest BCUT2D eigenvalue weighted by molar-refractivity contribution is -0.0199. The van der Waals surface area contributed by atoms with Gasteiger partial charge in [-0.05, 0) is 6.42 Å². The second-order valence-corrected chi connectivity index (χ2v) is 3.35. The number of hydrogen-bond donors (Lipinski definition) is 2. The van der Waals surface area contributed by atoms with Crippen LogP contribution in [0.2, 0.25) is 0 Å².